The fourth-order valence-corrected chi connectivity index (χ4v) is 2.25. The van der Waals surface area contributed by atoms with Gasteiger partial charge in [0.05, 0.1) is 13.2 Å². The van der Waals surface area contributed by atoms with Crippen molar-refractivity contribution in [2.45, 2.75) is 26.7 Å². The van der Waals surface area contributed by atoms with E-state index >= 15 is 0 Å². The van der Waals surface area contributed by atoms with Crippen LogP contribution in [-0.2, 0) is 9.47 Å². The van der Waals surface area contributed by atoms with E-state index in [4.69, 9.17) is 9.47 Å². The number of nitrogens with zero attached hydrogens (tertiary/aromatic N) is 4. The number of aromatic nitrogens is 2. The van der Waals surface area contributed by atoms with Gasteiger partial charge in [0.1, 0.15) is 5.82 Å². The van der Waals surface area contributed by atoms with Gasteiger partial charge in [-0.1, -0.05) is 0 Å². The van der Waals surface area contributed by atoms with Gasteiger partial charge >= 0.3 is 12.2 Å². The Bertz CT molecular complexity index is 666. The fourth-order valence-electron chi connectivity index (χ4n) is 2.25. The molecule has 0 saturated carbocycles. The molecule has 132 valence electrons. The molecule has 0 atom stereocenters. The Balaban J connectivity index is 2.42. The minimum Gasteiger partial charge on any atom is -0.450 e. The average molecular weight is 339 g/mol. The summed E-state index contributed by atoms with van der Waals surface area (Å²) in [7, 11) is 0. The van der Waals surface area contributed by atoms with E-state index < -0.39 is 12.2 Å². The van der Waals surface area contributed by atoms with Crippen molar-refractivity contribution in [1.29, 1.82) is 0 Å². The van der Waals surface area contributed by atoms with Gasteiger partial charge in [0.2, 0.25) is 0 Å². The molecule has 2 rings (SSSR count). The number of amides is 2. The second kappa shape index (κ2) is 8.18. The molecule has 2 amide bonds. The highest BCUT2D eigenvalue weighted by molar-refractivity contribution is 5.83. The van der Waals surface area contributed by atoms with E-state index in [1.165, 1.54) is 6.07 Å². The SMILES string of the molecule is CCOC(=O)N=c1nc(N2CCCC2)cc(NC(=O)OCC)n1O. The molecule has 24 heavy (non-hydrogen) atoms. The van der Waals surface area contributed by atoms with E-state index in [1.807, 2.05) is 4.90 Å². The van der Waals surface area contributed by atoms with Crippen molar-refractivity contribution < 1.29 is 24.3 Å². The molecule has 1 saturated heterocycles. The number of carbonyl (C=O) groups is 2. The quantitative estimate of drug-likeness (QED) is 0.795. The summed E-state index contributed by atoms with van der Waals surface area (Å²) in [6, 6.07) is 1.49. The molecular weight excluding hydrogens is 318 g/mol. The lowest BCUT2D eigenvalue weighted by molar-refractivity contribution is 0.151. The van der Waals surface area contributed by atoms with Gasteiger partial charge in [-0.25, -0.2) is 9.59 Å². The van der Waals surface area contributed by atoms with E-state index in [1.54, 1.807) is 13.8 Å². The van der Waals surface area contributed by atoms with Crippen LogP contribution in [0, 0.1) is 0 Å². The molecule has 1 aromatic heterocycles. The summed E-state index contributed by atoms with van der Waals surface area (Å²) >= 11 is 0. The first-order valence-corrected chi connectivity index (χ1v) is 7.78. The predicted octanol–water partition coefficient (Wildman–Crippen LogP) is 1.35. The molecule has 10 nitrogen and oxygen atoms in total. The Morgan fingerprint density at radius 1 is 1.29 bits per heavy atom. The van der Waals surface area contributed by atoms with Crippen LogP contribution in [0.4, 0.5) is 21.2 Å². The first kappa shape index (κ1) is 17.6. The Kier molecular flexibility index (Phi) is 5.99. The van der Waals surface area contributed by atoms with Crippen molar-refractivity contribution >= 4 is 23.8 Å². The maximum absolute atomic E-state index is 11.6. The standard InChI is InChI=1S/C14H21N5O5/c1-3-23-13(20)16-11-9-10(18-7-5-6-8-18)15-12(19(11)22)17-14(21)24-4-2/h9,22H,3-8H2,1-2H3,(H,16,20). The van der Waals surface area contributed by atoms with Crippen LogP contribution in [0.1, 0.15) is 26.7 Å². The van der Waals surface area contributed by atoms with Crippen LogP contribution in [-0.4, -0.2) is 53.4 Å². The molecular formula is C14H21N5O5. The molecule has 2 heterocycles. The van der Waals surface area contributed by atoms with Gasteiger partial charge in [-0.2, -0.15) is 4.98 Å². The zero-order valence-electron chi connectivity index (χ0n) is 13.7. The number of anilines is 2. The number of ether oxygens (including phenoxy) is 2. The Labute approximate surface area is 138 Å². The number of nitrogens with one attached hydrogen (secondary N) is 1. The number of hydrogen-bond acceptors (Lipinski definition) is 7. The Morgan fingerprint density at radius 2 is 1.96 bits per heavy atom. The van der Waals surface area contributed by atoms with E-state index in [9.17, 15) is 14.8 Å². The van der Waals surface area contributed by atoms with Crippen molar-refractivity contribution in [3.63, 3.8) is 0 Å². The molecule has 0 radical (unpaired) electrons. The number of rotatable bonds is 4. The van der Waals surface area contributed by atoms with Gasteiger partial charge in [0, 0.05) is 19.2 Å². The van der Waals surface area contributed by atoms with Gasteiger partial charge in [-0.3, -0.25) is 5.32 Å². The summed E-state index contributed by atoms with van der Waals surface area (Å²) in [5.74, 6) is 0.487. The van der Waals surface area contributed by atoms with Crippen LogP contribution in [0.3, 0.4) is 0 Å². The molecule has 0 bridgehead atoms. The van der Waals surface area contributed by atoms with Gasteiger partial charge in [-0.15, -0.1) is 9.72 Å². The molecule has 1 aliphatic rings. The molecule has 0 unspecified atom stereocenters. The van der Waals surface area contributed by atoms with Crippen LogP contribution in [0.5, 0.6) is 0 Å². The highest BCUT2D eigenvalue weighted by Crippen LogP contribution is 2.19. The van der Waals surface area contributed by atoms with Gasteiger partial charge in [0.15, 0.2) is 5.82 Å². The van der Waals surface area contributed by atoms with Crippen LogP contribution in [0.15, 0.2) is 11.1 Å². The van der Waals surface area contributed by atoms with Crippen LogP contribution in [0.2, 0.25) is 0 Å². The lowest BCUT2D eigenvalue weighted by Crippen LogP contribution is -2.32. The summed E-state index contributed by atoms with van der Waals surface area (Å²) in [6.45, 7) is 5.22. The highest BCUT2D eigenvalue weighted by Gasteiger charge is 2.18. The third-order valence-corrected chi connectivity index (χ3v) is 3.29. The molecule has 1 fully saturated rings. The van der Waals surface area contributed by atoms with Gasteiger partial charge in [0.25, 0.3) is 5.62 Å². The summed E-state index contributed by atoms with van der Waals surface area (Å²) in [5, 5.41) is 12.5. The van der Waals surface area contributed by atoms with Crippen molar-refractivity contribution in [3.8, 4) is 0 Å². The van der Waals surface area contributed by atoms with Gasteiger partial charge in [-0.05, 0) is 26.7 Å². The average Bonchev–Trinajstić information content (AvgIpc) is 3.06. The minimum atomic E-state index is -0.881. The predicted molar refractivity (Wildman–Crippen MR) is 84.1 cm³/mol. The summed E-state index contributed by atoms with van der Waals surface area (Å²) in [5.41, 5.74) is -0.287. The van der Waals surface area contributed by atoms with Crippen LogP contribution >= 0.6 is 0 Å². The molecule has 0 spiro atoms. The maximum Gasteiger partial charge on any atom is 0.437 e. The van der Waals surface area contributed by atoms with Gasteiger partial charge < -0.3 is 19.6 Å². The van der Waals surface area contributed by atoms with Crippen LogP contribution < -0.4 is 15.8 Å². The topological polar surface area (TPSA) is 118 Å². The Hall–Kier alpha value is -2.78. The lowest BCUT2D eigenvalue weighted by atomic mass is 10.4. The van der Waals surface area contributed by atoms with E-state index in [2.05, 4.69) is 15.3 Å². The molecule has 0 aliphatic carbocycles. The summed E-state index contributed by atoms with van der Waals surface area (Å²) in [4.78, 5) is 32.9. The first-order chi connectivity index (χ1) is 11.5. The lowest BCUT2D eigenvalue weighted by Gasteiger charge is -2.18. The van der Waals surface area contributed by atoms with E-state index in [0.717, 1.165) is 25.9 Å². The molecule has 1 aliphatic heterocycles. The second-order valence-electron chi connectivity index (χ2n) is 4.96. The monoisotopic (exact) mass is 339 g/mol. The molecule has 2 N–H and O–H groups in total. The van der Waals surface area contributed by atoms with Crippen molar-refractivity contribution in [2.75, 3.05) is 36.5 Å². The largest absolute Gasteiger partial charge is 0.450 e. The normalized spacial score (nSPS) is 14.6. The summed E-state index contributed by atoms with van der Waals surface area (Å²) in [6.07, 6.45) is 0.413. The Morgan fingerprint density at radius 3 is 2.58 bits per heavy atom. The molecule has 1 aromatic rings. The van der Waals surface area contributed by atoms with Crippen molar-refractivity contribution in [1.82, 2.24) is 9.71 Å². The van der Waals surface area contributed by atoms with E-state index in [0.29, 0.717) is 10.5 Å². The third kappa shape index (κ3) is 4.37. The summed E-state index contributed by atoms with van der Waals surface area (Å²) < 4.78 is 10.0. The molecule has 10 heteroatoms. The first-order valence-electron chi connectivity index (χ1n) is 7.78. The zero-order chi connectivity index (χ0) is 17.5. The van der Waals surface area contributed by atoms with Crippen molar-refractivity contribution in [2.24, 2.45) is 4.99 Å². The smallest absolute Gasteiger partial charge is 0.437 e. The minimum absolute atomic E-state index is 0.00611. The third-order valence-electron chi connectivity index (χ3n) is 3.29. The highest BCUT2D eigenvalue weighted by atomic mass is 16.6. The second-order valence-corrected chi connectivity index (χ2v) is 4.96. The number of carbonyl (C=O) groups excluding carboxylic acids is 2. The maximum atomic E-state index is 11.6. The van der Waals surface area contributed by atoms with E-state index in [-0.39, 0.29) is 24.6 Å². The van der Waals surface area contributed by atoms with Crippen LogP contribution in [0.25, 0.3) is 0 Å². The van der Waals surface area contributed by atoms with Crippen molar-refractivity contribution in [3.05, 3.63) is 11.7 Å². The fraction of sp³-hybridized carbons (Fsp3) is 0.571. The zero-order valence-corrected chi connectivity index (χ0v) is 13.7. The number of hydrogen-bond donors (Lipinski definition) is 2. The molecule has 0 aromatic carbocycles.